The molecule has 1 rings (SSSR count). The lowest BCUT2D eigenvalue weighted by Crippen LogP contribution is -2.15. The molecule has 0 aliphatic carbocycles. The molecular weight excluding hydrogens is 204 g/mol. The number of hydrogen-bond acceptors (Lipinski definition) is 4. The lowest BCUT2D eigenvalue weighted by molar-refractivity contribution is 0.286. The van der Waals surface area contributed by atoms with Crippen LogP contribution in [0, 0.1) is 11.3 Å². The Labute approximate surface area is 95.5 Å². The van der Waals surface area contributed by atoms with Crippen LogP contribution in [0.4, 0.5) is 0 Å². The van der Waals surface area contributed by atoms with Crippen molar-refractivity contribution in [2.24, 2.45) is 0 Å². The lowest BCUT2D eigenvalue weighted by atomic mass is 10.1. The molecule has 0 radical (unpaired) electrons. The summed E-state index contributed by atoms with van der Waals surface area (Å²) in [6, 6.07) is 7.57. The standard InChI is InChI=1S/C12H16N2O2/c1-16-12-7-10(3-4-11(12)8-13)9-14-5-2-6-15/h3-4,7,14-15H,2,5-6,9H2,1H3. The van der Waals surface area contributed by atoms with Gasteiger partial charge in [0.15, 0.2) is 0 Å². The fourth-order valence-electron chi connectivity index (χ4n) is 1.37. The van der Waals surface area contributed by atoms with Crippen molar-refractivity contribution in [1.29, 1.82) is 5.26 Å². The lowest BCUT2D eigenvalue weighted by Gasteiger charge is -2.07. The number of benzene rings is 1. The summed E-state index contributed by atoms with van der Waals surface area (Å²) in [4.78, 5) is 0. The number of ether oxygens (including phenoxy) is 1. The van der Waals surface area contributed by atoms with Crippen LogP contribution in [0.3, 0.4) is 0 Å². The van der Waals surface area contributed by atoms with Gasteiger partial charge in [0.2, 0.25) is 0 Å². The van der Waals surface area contributed by atoms with E-state index in [1.807, 2.05) is 12.1 Å². The van der Waals surface area contributed by atoms with Gasteiger partial charge in [-0.1, -0.05) is 6.07 Å². The average Bonchev–Trinajstić information content (AvgIpc) is 2.34. The topological polar surface area (TPSA) is 65.3 Å². The van der Waals surface area contributed by atoms with Crippen LogP contribution in [0.25, 0.3) is 0 Å². The first kappa shape index (κ1) is 12.5. The summed E-state index contributed by atoms with van der Waals surface area (Å²) in [5, 5.41) is 20.6. The van der Waals surface area contributed by atoms with Gasteiger partial charge in [0.05, 0.1) is 12.7 Å². The minimum atomic E-state index is 0.198. The van der Waals surface area contributed by atoms with Crippen molar-refractivity contribution in [2.75, 3.05) is 20.3 Å². The monoisotopic (exact) mass is 220 g/mol. The molecular formula is C12H16N2O2. The molecule has 4 heteroatoms. The van der Waals surface area contributed by atoms with E-state index in [0.29, 0.717) is 17.9 Å². The van der Waals surface area contributed by atoms with Gasteiger partial charge in [-0.3, -0.25) is 0 Å². The van der Waals surface area contributed by atoms with Crippen molar-refractivity contribution >= 4 is 0 Å². The summed E-state index contributed by atoms with van der Waals surface area (Å²) in [5.74, 6) is 0.601. The predicted molar refractivity (Wildman–Crippen MR) is 61.1 cm³/mol. The number of nitrogens with one attached hydrogen (secondary N) is 1. The average molecular weight is 220 g/mol. The minimum Gasteiger partial charge on any atom is -0.495 e. The van der Waals surface area contributed by atoms with Crippen LogP contribution in [-0.4, -0.2) is 25.4 Å². The Morgan fingerprint density at radius 3 is 2.94 bits per heavy atom. The molecule has 0 spiro atoms. The number of nitrogens with zero attached hydrogens (tertiary/aromatic N) is 1. The highest BCUT2D eigenvalue weighted by Gasteiger charge is 2.02. The molecule has 4 nitrogen and oxygen atoms in total. The summed E-state index contributed by atoms with van der Waals surface area (Å²) < 4.78 is 5.11. The van der Waals surface area contributed by atoms with E-state index < -0.39 is 0 Å². The molecule has 86 valence electrons. The van der Waals surface area contributed by atoms with E-state index in [1.54, 1.807) is 13.2 Å². The van der Waals surface area contributed by atoms with Crippen molar-refractivity contribution in [3.63, 3.8) is 0 Å². The van der Waals surface area contributed by atoms with E-state index in [0.717, 1.165) is 18.5 Å². The molecule has 1 aromatic rings. The Balaban J connectivity index is 2.58. The molecule has 0 saturated heterocycles. The Kier molecular flexibility index (Phi) is 5.34. The van der Waals surface area contributed by atoms with Gasteiger partial charge in [-0.15, -0.1) is 0 Å². The molecule has 0 unspecified atom stereocenters. The second kappa shape index (κ2) is 6.83. The fraction of sp³-hybridized carbons (Fsp3) is 0.417. The first-order valence-electron chi connectivity index (χ1n) is 5.20. The molecule has 0 aliphatic rings. The van der Waals surface area contributed by atoms with E-state index >= 15 is 0 Å². The number of aliphatic hydroxyl groups excluding tert-OH is 1. The Bertz CT molecular complexity index is 372. The molecule has 0 fully saturated rings. The number of nitriles is 1. The maximum Gasteiger partial charge on any atom is 0.136 e. The van der Waals surface area contributed by atoms with Crippen LogP contribution in [0.15, 0.2) is 18.2 Å². The van der Waals surface area contributed by atoms with Crippen LogP contribution in [0.1, 0.15) is 17.5 Å². The van der Waals surface area contributed by atoms with Gasteiger partial charge in [-0.2, -0.15) is 5.26 Å². The van der Waals surface area contributed by atoms with Crippen LogP contribution in [-0.2, 0) is 6.54 Å². The second-order valence-electron chi connectivity index (χ2n) is 3.40. The summed E-state index contributed by atoms with van der Waals surface area (Å²) in [6.07, 6.45) is 0.743. The maximum absolute atomic E-state index is 8.81. The minimum absolute atomic E-state index is 0.198. The van der Waals surface area contributed by atoms with Crippen LogP contribution < -0.4 is 10.1 Å². The van der Waals surface area contributed by atoms with E-state index in [2.05, 4.69) is 11.4 Å². The third-order valence-corrected chi connectivity index (χ3v) is 2.23. The molecule has 1 aromatic carbocycles. The molecule has 0 atom stereocenters. The molecule has 0 aliphatic heterocycles. The van der Waals surface area contributed by atoms with Crippen LogP contribution in [0.5, 0.6) is 5.75 Å². The Hall–Kier alpha value is -1.57. The predicted octanol–water partition coefficient (Wildman–Crippen LogP) is 1.04. The highest BCUT2D eigenvalue weighted by Crippen LogP contribution is 2.18. The highest BCUT2D eigenvalue weighted by atomic mass is 16.5. The summed E-state index contributed by atoms with van der Waals surface area (Å²) in [5.41, 5.74) is 1.61. The van der Waals surface area contributed by atoms with Gasteiger partial charge < -0.3 is 15.2 Å². The van der Waals surface area contributed by atoms with Crippen LogP contribution >= 0.6 is 0 Å². The maximum atomic E-state index is 8.81. The SMILES string of the molecule is COc1cc(CNCCCO)ccc1C#N. The van der Waals surface area contributed by atoms with Gasteiger partial charge in [-0.25, -0.2) is 0 Å². The molecule has 0 heterocycles. The van der Waals surface area contributed by atoms with Crippen molar-refractivity contribution in [1.82, 2.24) is 5.32 Å². The molecule has 0 aromatic heterocycles. The van der Waals surface area contributed by atoms with Gasteiger partial charge in [0.25, 0.3) is 0 Å². The van der Waals surface area contributed by atoms with Crippen molar-refractivity contribution in [2.45, 2.75) is 13.0 Å². The largest absolute Gasteiger partial charge is 0.495 e. The Morgan fingerprint density at radius 1 is 1.50 bits per heavy atom. The van der Waals surface area contributed by atoms with Gasteiger partial charge in [0.1, 0.15) is 11.8 Å². The number of aliphatic hydroxyl groups is 1. The first-order valence-corrected chi connectivity index (χ1v) is 5.20. The second-order valence-corrected chi connectivity index (χ2v) is 3.40. The molecule has 0 bridgehead atoms. The summed E-state index contributed by atoms with van der Waals surface area (Å²) in [7, 11) is 1.55. The van der Waals surface area contributed by atoms with E-state index in [1.165, 1.54) is 0 Å². The highest BCUT2D eigenvalue weighted by molar-refractivity contribution is 5.45. The molecule has 2 N–H and O–H groups in total. The Morgan fingerprint density at radius 2 is 2.31 bits per heavy atom. The normalized spacial score (nSPS) is 9.81. The van der Waals surface area contributed by atoms with Crippen molar-refractivity contribution in [3.05, 3.63) is 29.3 Å². The summed E-state index contributed by atoms with van der Waals surface area (Å²) in [6.45, 7) is 1.69. The van der Waals surface area contributed by atoms with E-state index in [4.69, 9.17) is 15.1 Å². The van der Waals surface area contributed by atoms with Crippen LogP contribution in [0.2, 0.25) is 0 Å². The number of hydrogen-bond donors (Lipinski definition) is 2. The fourth-order valence-corrected chi connectivity index (χ4v) is 1.37. The number of methoxy groups -OCH3 is 1. The molecule has 0 saturated carbocycles. The molecule has 0 amide bonds. The smallest absolute Gasteiger partial charge is 0.136 e. The zero-order valence-electron chi connectivity index (χ0n) is 9.36. The van der Waals surface area contributed by atoms with Gasteiger partial charge >= 0.3 is 0 Å². The van der Waals surface area contributed by atoms with E-state index in [9.17, 15) is 0 Å². The van der Waals surface area contributed by atoms with Crippen molar-refractivity contribution < 1.29 is 9.84 Å². The third kappa shape index (κ3) is 3.54. The zero-order valence-corrected chi connectivity index (χ0v) is 9.36. The van der Waals surface area contributed by atoms with Crippen molar-refractivity contribution in [3.8, 4) is 11.8 Å². The van der Waals surface area contributed by atoms with Gasteiger partial charge in [-0.05, 0) is 30.7 Å². The summed E-state index contributed by atoms with van der Waals surface area (Å²) >= 11 is 0. The number of rotatable bonds is 6. The quantitative estimate of drug-likeness (QED) is 0.703. The van der Waals surface area contributed by atoms with Gasteiger partial charge in [0, 0.05) is 13.2 Å². The first-order chi connectivity index (χ1) is 7.81. The molecule has 16 heavy (non-hydrogen) atoms. The van der Waals surface area contributed by atoms with E-state index in [-0.39, 0.29) is 6.61 Å². The zero-order chi connectivity index (χ0) is 11.8. The third-order valence-electron chi connectivity index (χ3n) is 2.23.